The molecule has 0 aromatic heterocycles. The molecule has 0 unspecified atom stereocenters. The average Bonchev–Trinajstić information content (AvgIpc) is 2.38. The van der Waals surface area contributed by atoms with Gasteiger partial charge in [-0.25, -0.2) is 0 Å². The first-order chi connectivity index (χ1) is 9.11. The van der Waals surface area contributed by atoms with Gasteiger partial charge in [0, 0.05) is 5.69 Å². The summed E-state index contributed by atoms with van der Waals surface area (Å²) in [6, 6.07) is 7.51. The van der Waals surface area contributed by atoms with Gasteiger partial charge in [-0.15, -0.1) is 12.4 Å². The van der Waals surface area contributed by atoms with Crippen LogP contribution in [0.2, 0.25) is 0 Å². The van der Waals surface area contributed by atoms with Crippen molar-refractivity contribution in [2.45, 2.75) is 26.6 Å². The zero-order chi connectivity index (χ0) is 14.1. The lowest BCUT2D eigenvalue weighted by atomic mass is 10.2. The van der Waals surface area contributed by atoms with Gasteiger partial charge in [0.25, 0.3) is 0 Å². The maximum Gasteiger partial charge on any atom is 0.238 e. The molecule has 0 aliphatic heterocycles. The van der Waals surface area contributed by atoms with Crippen molar-refractivity contribution < 1.29 is 14.3 Å². The molecule has 0 saturated carbocycles. The molecule has 1 aromatic rings. The van der Waals surface area contributed by atoms with Gasteiger partial charge in [-0.3, -0.25) is 4.79 Å². The molecular weight excluding hydrogens is 280 g/mol. The van der Waals surface area contributed by atoms with Crippen molar-refractivity contribution in [2.75, 3.05) is 25.1 Å². The molecule has 1 amide bonds. The lowest BCUT2D eigenvalue weighted by molar-refractivity contribution is -0.114. The monoisotopic (exact) mass is 302 g/mol. The molecule has 3 N–H and O–H groups in total. The summed E-state index contributed by atoms with van der Waals surface area (Å²) < 4.78 is 10.9. The van der Waals surface area contributed by atoms with Crippen LogP contribution in [0.15, 0.2) is 24.3 Å². The molecule has 0 saturated heterocycles. The van der Waals surface area contributed by atoms with Crippen LogP contribution in [0, 0.1) is 0 Å². The minimum absolute atomic E-state index is 0. The van der Waals surface area contributed by atoms with E-state index < -0.39 is 0 Å². The molecule has 114 valence electrons. The Morgan fingerprint density at radius 3 is 2.75 bits per heavy atom. The Bertz CT molecular complexity index is 400. The fourth-order valence-electron chi connectivity index (χ4n) is 1.48. The Balaban J connectivity index is 0.00000361. The van der Waals surface area contributed by atoms with Gasteiger partial charge in [-0.05, 0) is 31.5 Å². The van der Waals surface area contributed by atoms with Crippen LogP contribution in [0.5, 0.6) is 0 Å². The SMILES string of the molecule is CC(C)OCCOCc1cccc(NC(=O)CN)c1.Cl. The molecule has 0 bridgehead atoms. The number of rotatable bonds is 8. The van der Waals surface area contributed by atoms with Crippen LogP contribution in [-0.4, -0.2) is 31.8 Å². The van der Waals surface area contributed by atoms with Gasteiger partial charge < -0.3 is 20.5 Å². The van der Waals surface area contributed by atoms with Gasteiger partial charge in [0.15, 0.2) is 0 Å². The highest BCUT2D eigenvalue weighted by atomic mass is 35.5. The third kappa shape index (κ3) is 8.12. The van der Waals surface area contributed by atoms with E-state index in [1.165, 1.54) is 0 Å². The molecule has 0 aliphatic rings. The minimum Gasteiger partial charge on any atom is -0.376 e. The number of halogens is 1. The van der Waals surface area contributed by atoms with E-state index >= 15 is 0 Å². The van der Waals surface area contributed by atoms with E-state index in [0.717, 1.165) is 11.3 Å². The Morgan fingerprint density at radius 1 is 1.35 bits per heavy atom. The number of amides is 1. The first-order valence-corrected chi connectivity index (χ1v) is 6.40. The first kappa shape index (κ1) is 18.9. The zero-order valence-corrected chi connectivity index (χ0v) is 12.7. The summed E-state index contributed by atoms with van der Waals surface area (Å²) in [4.78, 5) is 11.2. The molecule has 0 atom stereocenters. The van der Waals surface area contributed by atoms with E-state index in [1.54, 1.807) is 0 Å². The van der Waals surface area contributed by atoms with E-state index in [1.807, 2.05) is 38.1 Å². The quantitative estimate of drug-likeness (QED) is 0.720. The van der Waals surface area contributed by atoms with Crippen molar-refractivity contribution in [1.82, 2.24) is 0 Å². The molecule has 20 heavy (non-hydrogen) atoms. The normalized spacial score (nSPS) is 10.2. The Kier molecular flexibility index (Phi) is 10.0. The highest BCUT2D eigenvalue weighted by molar-refractivity contribution is 5.92. The van der Waals surface area contributed by atoms with Crippen molar-refractivity contribution in [3.05, 3.63) is 29.8 Å². The number of ether oxygens (including phenoxy) is 2. The Labute approximate surface area is 126 Å². The number of nitrogens with two attached hydrogens (primary N) is 1. The van der Waals surface area contributed by atoms with Crippen LogP contribution >= 0.6 is 12.4 Å². The summed E-state index contributed by atoms with van der Waals surface area (Å²) in [5, 5.41) is 2.70. The van der Waals surface area contributed by atoms with Crippen LogP contribution in [0.3, 0.4) is 0 Å². The van der Waals surface area contributed by atoms with Crippen molar-refractivity contribution in [3.8, 4) is 0 Å². The van der Waals surface area contributed by atoms with Crippen LogP contribution < -0.4 is 11.1 Å². The summed E-state index contributed by atoms with van der Waals surface area (Å²) >= 11 is 0. The van der Waals surface area contributed by atoms with E-state index in [0.29, 0.717) is 19.8 Å². The first-order valence-electron chi connectivity index (χ1n) is 6.40. The van der Waals surface area contributed by atoms with Gasteiger partial charge in [-0.2, -0.15) is 0 Å². The van der Waals surface area contributed by atoms with Gasteiger partial charge >= 0.3 is 0 Å². The molecule has 0 aliphatic carbocycles. The molecular formula is C14H23ClN2O3. The summed E-state index contributed by atoms with van der Waals surface area (Å²) in [6.45, 7) is 5.59. The largest absolute Gasteiger partial charge is 0.376 e. The van der Waals surface area contributed by atoms with Crippen LogP contribution in [0.25, 0.3) is 0 Å². The summed E-state index contributed by atoms with van der Waals surface area (Å²) in [5.74, 6) is -0.205. The van der Waals surface area contributed by atoms with Gasteiger partial charge in [0.2, 0.25) is 5.91 Å². The molecule has 0 fully saturated rings. The second kappa shape index (κ2) is 10.6. The Hall–Kier alpha value is -1.14. The second-order valence-electron chi connectivity index (χ2n) is 4.42. The number of carbonyl (C=O) groups excluding carboxylic acids is 1. The predicted octanol–water partition coefficient (Wildman–Crippen LogP) is 1.95. The van der Waals surface area contributed by atoms with E-state index in [-0.39, 0.29) is 31.0 Å². The van der Waals surface area contributed by atoms with Crippen molar-refractivity contribution in [3.63, 3.8) is 0 Å². The lowest BCUT2D eigenvalue weighted by Gasteiger charge is -2.09. The highest BCUT2D eigenvalue weighted by Gasteiger charge is 2.01. The van der Waals surface area contributed by atoms with E-state index in [2.05, 4.69) is 5.32 Å². The summed E-state index contributed by atoms with van der Waals surface area (Å²) in [7, 11) is 0. The fourth-order valence-corrected chi connectivity index (χ4v) is 1.48. The number of hydrogen-bond acceptors (Lipinski definition) is 4. The molecule has 6 heteroatoms. The third-order valence-corrected chi connectivity index (χ3v) is 2.34. The second-order valence-corrected chi connectivity index (χ2v) is 4.42. The number of anilines is 1. The number of carbonyl (C=O) groups is 1. The fraction of sp³-hybridized carbons (Fsp3) is 0.500. The van der Waals surface area contributed by atoms with Crippen molar-refractivity contribution >= 4 is 24.0 Å². The van der Waals surface area contributed by atoms with Gasteiger partial charge in [0.05, 0.1) is 32.5 Å². The average molecular weight is 303 g/mol. The smallest absolute Gasteiger partial charge is 0.238 e. The summed E-state index contributed by atoms with van der Waals surface area (Å²) in [5.41, 5.74) is 6.98. The highest BCUT2D eigenvalue weighted by Crippen LogP contribution is 2.11. The van der Waals surface area contributed by atoms with E-state index in [9.17, 15) is 4.79 Å². The van der Waals surface area contributed by atoms with Crippen molar-refractivity contribution in [1.29, 1.82) is 0 Å². The zero-order valence-electron chi connectivity index (χ0n) is 11.9. The molecule has 0 heterocycles. The molecule has 0 radical (unpaired) electrons. The maximum absolute atomic E-state index is 11.2. The van der Waals surface area contributed by atoms with E-state index in [4.69, 9.17) is 15.2 Å². The predicted molar refractivity (Wildman–Crippen MR) is 82.1 cm³/mol. The van der Waals surface area contributed by atoms with Gasteiger partial charge in [0.1, 0.15) is 0 Å². The van der Waals surface area contributed by atoms with Crippen molar-refractivity contribution in [2.24, 2.45) is 5.73 Å². The molecule has 1 rings (SSSR count). The topological polar surface area (TPSA) is 73.6 Å². The molecule has 5 nitrogen and oxygen atoms in total. The standard InChI is InChI=1S/C14H22N2O3.ClH/c1-11(2)19-7-6-18-10-12-4-3-5-13(8-12)16-14(17)9-15;/h3-5,8,11H,6-7,9-10,15H2,1-2H3,(H,16,17);1H. The van der Waals surface area contributed by atoms with Crippen LogP contribution in [-0.2, 0) is 20.9 Å². The number of hydrogen-bond donors (Lipinski definition) is 2. The summed E-state index contributed by atoms with van der Waals surface area (Å²) in [6.07, 6.45) is 0.221. The molecule has 1 aromatic carbocycles. The van der Waals surface area contributed by atoms with Gasteiger partial charge in [-0.1, -0.05) is 12.1 Å². The number of benzene rings is 1. The van der Waals surface area contributed by atoms with Crippen LogP contribution in [0.1, 0.15) is 19.4 Å². The minimum atomic E-state index is -0.205. The lowest BCUT2D eigenvalue weighted by Crippen LogP contribution is -2.21. The Morgan fingerprint density at radius 2 is 2.10 bits per heavy atom. The maximum atomic E-state index is 11.2. The third-order valence-electron chi connectivity index (χ3n) is 2.34. The van der Waals surface area contributed by atoms with Crippen LogP contribution in [0.4, 0.5) is 5.69 Å². The molecule has 0 spiro atoms. The number of nitrogens with one attached hydrogen (secondary N) is 1.